The molecule has 3 rings (SSSR count). The van der Waals surface area contributed by atoms with Gasteiger partial charge in [-0.05, 0) is 29.9 Å². The van der Waals surface area contributed by atoms with Gasteiger partial charge in [0, 0.05) is 12.1 Å². The molecule has 0 saturated heterocycles. The molecule has 2 N–H and O–H groups in total. The number of carbonyl (C=O) groups is 1. The maximum atomic E-state index is 12.4. The molecule has 0 bridgehead atoms. The lowest BCUT2D eigenvalue weighted by atomic mass is 9.98. The summed E-state index contributed by atoms with van der Waals surface area (Å²) in [5.74, 6) is 2.34. The van der Waals surface area contributed by atoms with Gasteiger partial charge in [-0.1, -0.05) is 69.5 Å². The average molecular weight is 373 g/mol. The summed E-state index contributed by atoms with van der Waals surface area (Å²) in [6.45, 7) is 6.30. The summed E-state index contributed by atoms with van der Waals surface area (Å²) in [5.41, 5.74) is 3.19. The number of hydrogen-bond donors (Lipinski definition) is 2. The van der Waals surface area contributed by atoms with Crippen molar-refractivity contribution in [2.45, 2.75) is 63.9 Å². The zero-order valence-electron chi connectivity index (χ0n) is 15.8. The van der Waals surface area contributed by atoms with Gasteiger partial charge in [0.05, 0.1) is 5.75 Å². The quantitative estimate of drug-likeness (QED) is 0.691. The highest BCUT2D eigenvalue weighted by molar-refractivity contribution is 7.99. The van der Waals surface area contributed by atoms with Crippen LogP contribution in [0.2, 0.25) is 0 Å². The van der Waals surface area contributed by atoms with Crippen molar-refractivity contribution in [2.75, 3.05) is 11.1 Å². The summed E-state index contributed by atoms with van der Waals surface area (Å²) < 4.78 is 0. The lowest BCUT2D eigenvalue weighted by Crippen LogP contribution is -2.16. The van der Waals surface area contributed by atoms with Crippen LogP contribution in [-0.2, 0) is 11.2 Å². The number of H-pyrrole nitrogens is 1. The van der Waals surface area contributed by atoms with E-state index >= 15 is 0 Å². The number of aromatic amines is 1. The molecule has 1 aromatic carbocycles. The SMILES string of the molecule is Cc1cccc(C(C)C)c1NC(=O)CSc1n[nH]c(CC2CCCC2)n1. The predicted molar refractivity (Wildman–Crippen MR) is 107 cm³/mol. The zero-order valence-corrected chi connectivity index (χ0v) is 16.7. The fourth-order valence-electron chi connectivity index (χ4n) is 3.57. The minimum atomic E-state index is -0.0201. The van der Waals surface area contributed by atoms with Crippen LogP contribution >= 0.6 is 11.8 Å². The van der Waals surface area contributed by atoms with E-state index in [-0.39, 0.29) is 5.91 Å². The number of benzene rings is 1. The van der Waals surface area contributed by atoms with E-state index in [1.165, 1.54) is 43.0 Å². The van der Waals surface area contributed by atoms with Crippen molar-refractivity contribution in [3.63, 3.8) is 0 Å². The smallest absolute Gasteiger partial charge is 0.234 e. The van der Waals surface area contributed by atoms with Crippen LogP contribution in [0.1, 0.15) is 62.4 Å². The molecule has 0 atom stereocenters. The summed E-state index contributed by atoms with van der Waals surface area (Å²) in [4.78, 5) is 16.9. The van der Waals surface area contributed by atoms with Crippen LogP contribution in [0.15, 0.2) is 23.4 Å². The Balaban J connectivity index is 1.54. The number of carbonyl (C=O) groups excluding carboxylic acids is 1. The number of aryl methyl sites for hydroxylation is 1. The molecule has 0 aliphatic heterocycles. The highest BCUT2D eigenvalue weighted by atomic mass is 32.2. The van der Waals surface area contributed by atoms with E-state index < -0.39 is 0 Å². The van der Waals surface area contributed by atoms with Crippen LogP contribution in [0.4, 0.5) is 5.69 Å². The van der Waals surface area contributed by atoms with E-state index in [1.54, 1.807) is 0 Å². The van der Waals surface area contributed by atoms with Gasteiger partial charge in [-0.25, -0.2) is 4.98 Å². The Labute approximate surface area is 159 Å². The highest BCUT2D eigenvalue weighted by Gasteiger charge is 2.18. The number of thioether (sulfide) groups is 1. The number of nitrogens with one attached hydrogen (secondary N) is 2. The van der Waals surface area contributed by atoms with Gasteiger partial charge in [-0.2, -0.15) is 0 Å². The Morgan fingerprint density at radius 3 is 2.85 bits per heavy atom. The second-order valence-electron chi connectivity index (χ2n) is 7.45. The maximum absolute atomic E-state index is 12.4. The van der Waals surface area contributed by atoms with E-state index in [4.69, 9.17) is 0 Å². The molecule has 0 spiro atoms. The van der Waals surface area contributed by atoms with Crippen molar-refractivity contribution in [2.24, 2.45) is 5.92 Å². The molecule has 2 aromatic rings. The van der Waals surface area contributed by atoms with Gasteiger partial charge < -0.3 is 5.32 Å². The second-order valence-corrected chi connectivity index (χ2v) is 8.39. The first-order chi connectivity index (χ1) is 12.5. The van der Waals surface area contributed by atoms with Crippen molar-refractivity contribution < 1.29 is 4.79 Å². The van der Waals surface area contributed by atoms with Gasteiger partial charge in [0.15, 0.2) is 0 Å². The normalized spacial score (nSPS) is 14.9. The Morgan fingerprint density at radius 1 is 1.35 bits per heavy atom. The van der Waals surface area contributed by atoms with Crippen molar-refractivity contribution >= 4 is 23.4 Å². The molecule has 1 heterocycles. The Kier molecular flexibility index (Phi) is 6.35. The molecule has 140 valence electrons. The van der Waals surface area contributed by atoms with Crippen molar-refractivity contribution in [1.82, 2.24) is 15.2 Å². The van der Waals surface area contributed by atoms with E-state index in [0.29, 0.717) is 16.8 Å². The minimum Gasteiger partial charge on any atom is -0.325 e. The second kappa shape index (κ2) is 8.71. The molecule has 6 heteroatoms. The standard InChI is InChI=1S/C20H28N4OS/c1-13(2)16-10-6-7-14(3)19(16)22-18(25)12-26-20-21-17(23-24-20)11-15-8-4-5-9-15/h6-7,10,13,15H,4-5,8-9,11-12H2,1-3H3,(H,22,25)(H,21,23,24). The molecule has 1 fully saturated rings. The molecular weight excluding hydrogens is 344 g/mol. The summed E-state index contributed by atoms with van der Waals surface area (Å²) in [5, 5.41) is 11.0. The zero-order chi connectivity index (χ0) is 18.5. The first kappa shape index (κ1) is 19.0. The third kappa shape index (κ3) is 4.87. The number of aromatic nitrogens is 3. The van der Waals surface area contributed by atoms with Gasteiger partial charge >= 0.3 is 0 Å². The van der Waals surface area contributed by atoms with E-state index in [1.807, 2.05) is 19.1 Å². The van der Waals surface area contributed by atoms with Gasteiger partial charge in [-0.15, -0.1) is 5.10 Å². The summed E-state index contributed by atoms with van der Waals surface area (Å²) in [7, 11) is 0. The molecule has 1 aliphatic carbocycles. The van der Waals surface area contributed by atoms with Crippen LogP contribution < -0.4 is 5.32 Å². The molecule has 0 unspecified atom stereocenters. The molecule has 1 saturated carbocycles. The number of hydrogen-bond acceptors (Lipinski definition) is 4. The molecule has 1 amide bonds. The van der Waals surface area contributed by atoms with E-state index in [0.717, 1.165) is 29.4 Å². The summed E-state index contributed by atoms with van der Waals surface area (Å²) >= 11 is 1.38. The number of amides is 1. The van der Waals surface area contributed by atoms with Crippen LogP contribution in [0, 0.1) is 12.8 Å². The lowest BCUT2D eigenvalue weighted by molar-refractivity contribution is -0.113. The third-order valence-corrected chi connectivity index (χ3v) is 5.84. The topological polar surface area (TPSA) is 70.7 Å². The molecule has 0 radical (unpaired) electrons. The first-order valence-electron chi connectivity index (χ1n) is 9.46. The third-order valence-electron chi connectivity index (χ3n) is 4.99. The minimum absolute atomic E-state index is 0.0201. The monoisotopic (exact) mass is 372 g/mol. The average Bonchev–Trinajstić information content (AvgIpc) is 3.27. The van der Waals surface area contributed by atoms with E-state index in [9.17, 15) is 4.79 Å². The van der Waals surface area contributed by atoms with Gasteiger partial charge in [0.2, 0.25) is 11.1 Å². The molecule has 26 heavy (non-hydrogen) atoms. The largest absolute Gasteiger partial charge is 0.325 e. The fraction of sp³-hybridized carbons (Fsp3) is 0.550. The fourth-order valence-corrected chi connectivity index (χ4v) is 4.19. The van der Waals surface area contributed by atoms with Crippen molar-refractivity contribution in [1.29, 1.82) is 0 Å². The van der Waals surface area contributed by atoms with Crippen LogP contribution in [0.5, 0.6) is 0 Å². The number of nitrogens with zero attached hydrogens (tertiary/aromatic N) is 2. The van der Waals surface area contributed by atoms with Crippen LogP contribution in [-0.4, -0.2) is 26.8 Å². The lowest BCUT2D eigenvalue weighted by Gasteiger charge is -2.16. The molecule has 1 aromatic heterocycles. The Morgan fingerprint density at radius 2 is 2.12 bits per heavy atom. The Hall–Kier alpha value is -1.82. The summed E-state index contributed by atoms with van der Waals surface area (Å²) in [6.07, 6.45) is 6.22. The number of para-hydroxylation sites is 1. The highest BCUT2D eigenvalue weighted by Crippen LogP contribution is 2.29. The van der Waals surface area contributed by atoms with Gasteiger partial charge in [0.1, 0.15) is 5.82 Å². The van der Waals surface area contributed by atoms with E-state index in [2.05, 4.69) is 40.4 Å². The summed E-state index contributed by atoms with van der Waals surface area (Å²) in [6, 6.07) is 6.14. The predicted octanol–water partition coefficient (Wildman–Crippen LogP) is 4.70. The number of rotatable bonds is 7. The van der Waals surface area contributed by atoms with Crippen LogP contribution in [0.25, 0.3) is 0 Å². The number of anilines is 1. The maximum Gasteiger partial charge on any atom is 0.234 e. The van der Waals surface area contributed by atoms with Crippen LogP contribution in [0.3, 0.4) is 0 Å². The molecule has 5 nitrogen and oxygen atoms in total. The van der Waals surface area contributed by atoms with Crippen molar-refractivity contribution in [3.8, 4) is 0 Å². The molecular formula is C20H28N4OS. The van der Waals surface area contributed by atoms with Crippen molar-refractivity contribution in [3.05, 3.63) is 35.2 Å². The first-order valence-corrected chi connectivity index (χ1v) is 10.4. The van der Waals surface area contributed by atoms with Gasteiger partial charge in [0.25, 0.3) is 0 Å². The molecule has 1 aliphatic rings. The van der Waals surface area contributed by atoms with Gasteiger partial charge in [-0.3, -0.25) is 9.89 Å². The Bertz CT molecular complexity index is 750.